The molecule has 0 aromatic heterocycles. The third kappa shape index (κ3) is 3.15. The second-order valence-electron chi connectivity index (χ2n) is 4.33. The van der Waals surface area contributed by atoms with Crippen LogP contribution in [0.5, 0.6) is 0 Å². The van der Waals surface area contributed by atoms with Crippen LogP contribution in [0.3, 0.4) is 0 Å². The predicted octanol–water partition coefficient (Wildman–Crippen LogP) is 2.91. The third-order valence-electron chi connectivity index (χ3n) is 2.86. The van der Waals surface area contributed by atoms with Gasteiger partial charge in [0.1, 0.15) is 11.9 Å². The van der Waals surface area contributed by atoms with Crippen LogP contribution in [0.15, 0.2) is 41.3 Å². The summed E-state index contributed by atoms with van der Waals surface area (Å²) in [5.41, 5.74) is 5.38. The number of nitrogens with two attached hydrogens (primary N) is 1. The maximum absolute atomic E-state index is 14.0. The standard InChI is InChI=1S/C14H10ClFN2O2S/c15-11-4-5-12(18)13(6-11)21(19,20)8-10-3-1-2-9(7-17)14(10)16/h1-6H,8,18H2. The maximum atomic E-state index is 14.0. The molecular weight excluding hydrogens is 315 g/mol. The molecule has 0 saturated heterocycles. The van der Waals surface area contributed by atoms with Crippen molar-refractivity contribution < 1.29 is 12.8 Å². The van der Waals surface area contributed by atoms with Crippen LogP contribution in [0.2, 0.25) is 5.02 Å². The summed E-state index contributed by atoms with van der Waals surface area (Å²) in [6.07, 6.45) is 0. The Kier molecular flexibility index (Phi) is 4.16. The summed E-state index contributed by atoms with van der Waals surface area (Å²) in [5, 5.41) is 8.98. The number of sulfone groups is 1. The monoisotopic (exact) mass is 324 g/mol. The molecule has 0 radical (unpaired) electrons. The Hall–Kier alpha value is -2.10. The molecular formula is C14H10ClFN2O2S. The van der Waals surface area contributed by atoms with E-state index in [9.17, 15) is 12.8 Å². The van der Waals surface area contributed by atoms with Crippen LogP contribution in [0, 0.1) is 17.1 Å². The van der Waals surface area contributed by atoms with Crippen molar-refractivity contribution in [3.05, 3.63) is 58.4 Å². The zero-order chi connectivity index (χ0) is 15.6. The molecule has 2 N–H and O–H groups in total. The number of hydrogen-bond donors (Lipinski definition) is 1. The van der Waals surface area contributed by atoms with Crippen LogP contribution in [0.4, 0.5) is 10.1 Å². The Balaban J connectivity index is 2.48. The van der Waals surface area contributed by atoms with Gasteiger partial charge in [-0.25, -0.2) is 12.8 Å². The van der Waals surface area contributed by atoms with Crippen LogP contribution in [-0.2, 0) is 15.6 Å². The summed E-state index contributed by atoms with van der Waals surface area (Å²) in [6.45, 7) is 0. The quantitative estimate of drug-likeness (QED) is 0.880. The first-order chi connectivity index (χ1) is 9.85. The number of nitrogens with zero attached hydrogens (tertiary/aromatic N) is 1. The smallest absolute Gasteiger partial charge is 0.184 e. The van der Waals surface area contributed by atoms with Gasteiger partial charge in [0, 0.05) is 10.6 Å². The van der Waals surface area contributed by atoms with E-state index in [1.807, 2.05) is 0 Å². The summed E-state index contributed by atoms with van der Waals surface area (Å²) in [6, 6.07) is 9.74. The first-order valence-corrected chi connectivity index (χ1v) is 7.83. The van der Waals surface area contributed by atoms with Crippen LogP contribution >= 0.6 is 11.6 Å². The zero-order valence-electron chi connectivity index (χ0n) is 10.7. The number of nitrogen functional groups attached to an aromatic ring is 1. The summed E-state index contributed by atoms with van der Waals surface area (Å²) in [5.74, 6) is -1.44. The van der Waals surface area contributed by atoms with Crippen molar-refractivity contribution in [1.82, 2.24) is 0 Å². The van der Waals surface area contributed by atoms with Gasteiger partial charge in [0.15, 0.2) is 9.84 Å². The molecule has 0 aliphatic heterocycles. The van der Waals surface area contributed by atoms with Crippen LogP contribution < -0.4 is 5.73 Å². The Labute approximate surface area is 126 Å². The minimum atomic E-state index is -3.87. The topological polar surface area (TPSA) is 84.0 Å². The first-order valence-electron chi connectivity index (χ1n) is 5.80. The van der Waals surface area contributed by atoms with Gasteiger partial charge in [0.25, 0.3) is 0 Å². The summed E-state index contributed by atoms with van der Waals surface area (Å²) >= 11 is 5.77. The largest absolute Gasteiger partial charge is 0.398 e. The van der Waals surface area contributed by atoms with E-state index in [0.29, 0.717) is 0 Å². The van der Waals surface area contributed by atoms with E-state index in [2.05, 4.69) is 0 Å². The number of anilines is 1. The predicted molar refractivity (Wildman–Crippen MR) is 77.9 cm³/mol. The highest BCUT2D eigenvalue weighted by Crippen LogP contribution is 2.27. The molecule has 2 aromatic carbocycles. The van der Waals surface area contributed by atoms with Gasteiger partial charge < -0.3 is 5.73 Å². The van der Waals surface area contributed by atoms with Gasteiger partial charge in [0.2, 0.25) is 0 Å². The Morgan fingerprint density at radius 3 is 2.67 bits per heavy atom. The molecule has 0 fully saturated rings. The van der Waals surface area contributed by atoms with Gasteiger partial charge in [-0.1, -0.05) is 23.7 Å². The van der Waals surface area contributed by atoms with Gasteiger partial charge in [-0.15, -0.1) is 0 Å². The molecule has 0 bridgehead atoms. The number of hydrogen-bond acceptors (Lipinski definition) is 4. The van der Waals surface area contributed by atoms with E-state index in [1.54, 1.807) is 6.07 Å². The van der Waals surface area contributed by atoms with Gasteiger partial charge >= 0.3 is 0 Å². The molecule has 2 rings (SSSR count). The van der Waals surface area contributed by atoms with Gasteiger partial charge in [-0.05, 0) is 24.3 Å². The molecule has 0 heterocycles. The number of nitriles is 1. The van der Waals surface area contributed by atoms with Crippen molar-refractivity contribution in [1.29, 1.82) is 5.26 Å². The highest BCUT2D eigenvalue weighted by molar-refractivity contribution is 7.90. The summed E-state index contributed by atoms with van der Waals surface area (Å²) in [4.78, 5) is -0.156. The van der Waals surface area contributed by atoms with Gasteiger partial charge in [0.05, 0.1) is 21.9 Å². The van der Waals surface area contributed by atoms with Crippen molar-refractivity contribution in [2.45, 2.75) is 10.6 Å². The molecule has 4 nitrogen and oxygen atoms in total. The SMILES string of the molecule is N#Cc1cccc(CS(=O)(=O)c2cc(Cl)ccc2N)c1F. The number of halogens is 2. The lowest BCUT2D eigenvalue weighted by molar-refractivity contribution is 0.586. The lowest BCUT2D eigenvalue weighted by atomic mass is 10.1. The minimum Gasteiger partial charge on any atom is -0.398 e. The normalized spacial score (nSPS) is 11.1. The lowest BCUT2D eigenvalue weighted by Gasteiger charge is -2.09. The fourth-order valence-electron chi connectivity index (χ4n) is 1.84. The number of rotatable bonds is 3. The molecule has 0 saturated carbocycles. The first kappa shape index (κ1) is 15.3. The average molecular weight is 325 g/mol. The fourth-order valence-corrected chi connectivity index (χ4v) is 3.60. The second kappa shape index (κ2) is 5.72. The molecule has 0 aliphatic carbocycles. The summed E-state index contributed by atoms with van der Waals surface area (Å²) < 4.78 is 38.6. The highest BCUT2D eigenvalue weighted by Gasteiger charge is 2.21. The third-order valence-corrected chi connectivity index (χ3v) is 4.81. The van der Waals surface area contributed by atoms with Gasteiger partial charge in [-0.3, -0.25) is 0 Å². The molecule has 108 valence electrons. The van der Waals surface area contributed by atoms with Crippen LogP contribution in [-0.4, -0.2) is 8.42 Å². The van der Waals surface area contributed by atoms with Crippen molar-refractivity contribution in [3.63, 3.8) is 0 Å². The molecule has 0 spiro atoms. The van der Waals surface area contributed by atoms with E-state index >= 15 is 0 Å². The second-order valence-corrected chi connectivity index (χ2v) is 6.73. The Bertz CT molecular complexity index is 845. The van der Waals surface area contributed by atoms with E-state index < -0.39 is 21.4 Å². The van der Waals surface area contributed by atoms with E-state index in [4.69, 9.17) is 22.6 Å². The Morgan fingerprint density at radius 1 is 1.29 bits per heavy atom. The summed E-state index contributed by atoms with van der Waals surface area (Å²) in [7, 11) is -3.87. The molecule has 0 atom stereocenters. The van der Waals surface area contributed by atoms with Crippen LogP contribution in [0.1, 0.15) is 11.1 Å². The maximum Gasteiger partial charge on any atom is 0.184 e. The average Bonchev–Trinajstić information content (AvgIpc) is 2.43. The van der Waals surface area contributed by atoms with Crippen molar-refractivity contribution >= 4 is 27.1 Å². The number of benzene rings is 2. The van der Waals surface area contributed by atoms with E-state index in [-0.39, 0.29) is 26.7 Å². The molecule has 2 aromatic rings. The van der Waals surface area contributed by atoms with E-state index in [1.165, 1.54) is 36.4 Å². The molecule has 21 heavy (non-hydrogen) atoms. The minimum absolute atomic E-state index is 0.0382. The van der Waals surface area contributed by atoms with Crippen LogP contribution in [0.25, 0.3) is 0 Å². The molecule has 0 aliphatic rings. The Morgan fingerprint density at radius 2 is 2.00 bits per heavy atom. The lowest BCUT2D eigenvalue weighted by Crippen LogP contribution is -2.09. The van der Waals surface area contributed by atoms with Gasteiger partial charge in [-0.2, -0.15) is 5.26 Å². The van der Waals surface area contributed by atoms with Crippen molar-refractivity contribution in [3.8, 4) is 6.07 Å². The molecule has 0 unspecified atom stereocenters. The molecule has 0 amide bonds. The zero-order valence-corrected chi connectivity index (χ0v) is 12.2. The highest BCUT2D eigenvalue weighted by atomic mass is 35.5. The molecule has 7 heteroatoms. The van der Waals surface area contributed by atoms with Crippen molar-refractivity contribution in [2.24, 2.45) is 0 Å². The fraction of sp³-hybridized carbons (Fsp3) is 0.0714. The van der Waals surface area contributed by atoms with E-state index in [0.717, 1.165) is 0 Å². The van der Waals surface area contributed by atoms with Crippen molar-refractivity contribution in [2.75, 3.05) is 5.73 Å².